The molecule has 0 radical (unpaired) electrons. The van der Waals surface area contributed by atoms with E-state index in [4.69, 9.17) is 4.74 Å². The lowest BCUT2D eigenvalue weighted by atomic mass is 9.96. The molecule has 1 aliphatic carbocycles. The summed E-state index contributed by atoms with van der Waals surface area (Å²) in [5.74, 6) is 0.0858. The van der Waals surface area contributed by atoms with Gasteiger partial charge < -0.3 is 19.9 Å². The van der Waals surface area contributed by atoms with Gasteiger partial charge in [0.2, 0.25) is 5.91 Å². The van der Waals surface area contributed by atoms with Gasteiger partial charge in [0, 0.05) is 25.7 Å². The fourth-order valence-electron chi connectivity index (χ4n) is 4.19. The van der Waals surface area contributed by atoms with Gasteiger partial charge in [-0.15, -0.1) is 0 Å². The van der Waals surface area contributed by atoms with Crippen LogP contribution in [0.1, 0.15) is 58.8 Å². The predicted molar refractivity (Wildman–Crippen MR) is 91.7 cm³/mol. The highest BCUT2D eigenvalue weighted by Crippen LogP contribution is 2.24. The second-order valence-electron chi connectivity index (χ2n) is 8.00. The molecule has 6 nitrogen and oxygen atoms in total. The average Bonchev–Trinajstić information content (AvgIpc) is 3.04. The summed E-state index contributed by atoms with van der Waals surface area (Å²) < 4.78 is 5.70. The maximum Gasteiger partial charge on any atom is 0.318 e. The SMILES string of the molecule is CC1(C)CN(C(=O)[C@@H]2CCCN2C(=O)NC2CCCCC2)CCO1. The number of ether oxygens (including phenoxy) is 1. The van der Waals surface area contributed by atoms with Gasteiger partial charge in [0.15, 0.2) is 0 Å². The van der Waals surface area contributed by atoms with Crippen molar-refractivity contribution in [2.75, 3.05) is 26.2 Å². The summed E-state index contributed by atoms with van der Waals surface area (Å²) in [6, 6.07) is -0.0716. The highest BCUT2D eigenvalue weighted by molar-refractivity contribution is 5.88. The van der Waals surface area contributed by atoms with Crippen molar-refractivity contribution in [3.05, 3.63) is 0 Å². The third-order valence-corrected chi connectivity index (χ3v) is 5.47. The van der Waals surface area contributed by atoms with E-state index in [0.29, 0.717) is 26.2 Å². The molecular weight excluding hydrogens is 306 g/mol. The van der Waals surface area contributed by atoms with Crippen LogP contribution in [-0.4, -0.2) is 65.7 Å². The quantitative estimate of drug-likeness (QED) is 0.840. The molecule has 3 amide bonds. The largest absolute Gasteiger partial charge is 0.372 e. The van der Waals surface area contributed by atoms with Crippen molar-refractivity contribution in [1.82, 2.24) is 15.1 Å². The zero-order valence-corrected chi connectivity index (χ0v) is 15.1. The molecule has 0 unspecified atom stereocenters. The van der Waals surface area contributed by atoms with Crippen molar-refractivity contribution in [1.29, 1.82) is 0 Å². The van der Waals surface area contributed by atoms with Crippen LogP contribution < -0.4 is 5.32 Å². The van der Waals surface area contributed by atoms with E-state index < -0.39 is 0 Å². The molecular formula is C18H31N3O3. The summed E-state index contributed by atoms with van der Waals surface area (Å²) in [4.78, 5) is 29.2. The minimum atomic E-state index is -0.304. The van der Waals surface area contributed by atoms with Crippen molar-refractivity contribution in [2.24, 2.45) is 0 Å². The molecule has 1 saturated carbocycles. The Morgan fingerprint density at radius 3 is 2.50 bits per heavy atom. The van der Waals surface area contributed by atoms with E-state index in [1.165, 1.54) is 19.3 Å². The molecule has 0 bridgehead atoms. The Bertz CT molecular complexity index is 474. The second kappa shape index (κ2) is 7.30. The minimum Gasteiger partial charge on any atom is -0.372 e. The molecule has 24 heavy (non-hydrogen) atoms. The molecule has 2 aliphatic heterocycles. The zero-order chi connectivity index (χ0) is 17.2. The normalized spacial score (nSPS) is 28.0. The Labute approximate surface area is 144 Å². The molecule has 6 heteroatoms. The average molecular weight is 337 g/mol. The predicted octanol–water partition coefficient (Wildman–Crippen LogP) is 2.13. The molecule has 3 rings (SSSR count). The number of carbonyl (C=O) groups excluding carboxylic acids is 2. The molecule has 0 aromatic rings. The molecule has 2 heterocycles. The number of nitrogens with one attached hydrogen (secondary N) is 1. The van der Waals surface area contributed by atoms with Crippen LogP contribution in [0.4, 0.5) is 4.79 Å². The van der Waals surface area contributed by atoms with Gasteiger partial charge in [-0.1, -0.05) is 19.3 Å². The zero-order valence-electron chi connectivity index (χ0n) is 15.1. The maximum absolute atomic E-state index is 12.9. The Kier molecular flexibility index (Phi) is 5.33. The number of rotatable bonds is 2. The van der Waals surface area contributed by atoms with E-state index >= 15 is 0 Å². The fourth-order valence-corrected chi connectivity index (χ4v) is 4.19. The number of hydrogen-bond donors (Lipinski definition) is 1. The second-order valence-corrected chi connectivity index (χ2v) is 8.00. The van der Waals surface area contributed by atoms with Gasteiger partial charge in [0.1, 0.15) is 6.04 Å². The van der Waals surface area contributed by atoms with Crippen LogP contribution in [0.5, 0.6) is 0 Å². The van der Waals surface area contributed by atoms with Gasteiger partial charge in [-0.2, -0.15) is 0 Å². The number of morpholine rings is 1. The molecule has 2 saturated heterocycles. The highest BCUT2D eigenvalue weighted by Gasteiger charge is 2.39. The van der Waals surface area contributed by atoms with Crippen LogP contribution in [0.2, 0.25) is 0 Å². The summed E-state index contributed by atoms with van der Waals surface area (Å²) >= 11 is 0. The van der Waals surface area contributed by atoms with E-state index in [1.807, 2.05) is 18.7 Å². The topological polar surface area (TPSA) is 61.9 Å². The van der Waals surface area contributed by atoms with Crippen LogP contribution >= 0.6 is 0 Å². The first-order valence-corrected chi connectivity index (χ1v) is 9.46. The van der Waals surface area contributed by atoms with Crippen LogP contribution in [0, 0.1) is 0 Å². The van der Waals surface area contributed by atoms with Gasteiger partial charge in [0.05, 0.1) is 12.2 Å². The number of urea groups is 1. The van der Waals surface area contributed by atoms with E-state index in [9.17, 15) is 9.59 Å². The number of likely N-dealkylation sites (tertiary alicyclic amines) is 1. The standard InChI is InChI=1S/C18H31N3O3/c1-18(2)13-20(11-12-24-18)16(22)15-9-6-10-21(15)17(23)19-14-7-4-3-5-8-14/h14-15H,3-13H2,1-2H3,(H,19,23)/t15-/m0/s1. The number of amides is 3. The van der Waals surface area contributed by atoms with E-state index in [1.54, 1.807) is 4.90 Å². The van der Waals surface area contributed by atoms with Crippen molar-refractivity contribution in [3.8, 4) is 0 Å². The number of nitrogens with zero attached hydrogens (tertiary/aromatic N) is 2. The van der Waals surface area contributed by atoms with Crippen LogP contribution in [-0.2, 0) is 9.53 Å². The monoisotopic (exact) mass is 337 g/mol. The molecule has 3 fully saturated rings. The highest BCUT2D eigenvalue weighted by atomic mass is 16.5. The molecule has 0 aromatic carbocycles. The minimum absolute atomic E-state index is 0.0507. The van der Waals surface area contributed by atoms with Crippen LogP contribution in [0.3, 0.4) is 0 Å². The molecule has 136 valence electrons. The Morgan fingerprint density at radius 1 is 1.04 bits per heavy atom. The Hall–Kier alpha value is -1.30. The molecule has 3 aliphatic rings. The maximum atomic E-state index is 12.9. The smallest absolute Gasteiger partial charge is 0.318 e. The van der Waals surface area contributed by atoms with E-state index in [0.717, 1.165) is 25.7 Å². The first-order chi connectivity index (χ1) is 11.5. The van der Waals surface area contributed by atoms with Gasteiger partial charge in [-0.3, -0.25) is 4.79 Å². The Balaban J connectivity index is 1.59. The van der Waals surface area contributed by atoms with Crippen molar-refractivity contribution in [3.63, 3.8) is 0 Å². The molecule has 0 spiro atoms. The van der Waals surface area contributed by atoms with Crippen LogP contribution in [0.25, 0.3) is 0 Å². The Morgan fingerprint density at radius 2 is 1.79 bits per heavy atom. The lowest BCUT2D eigenvalue weighted by molar-refractivity contribution is -0.149. The lowest BCUT2D eigenvalue weighted by Gasteiger charge is -2.40. The molecule has 1 atom stereocenters. The van der Waals surface area contributed by atoms with E-state index in [-0.39, 0.29) is 29.6 Å². The first-order valence-electron chi connectivity index (χ1n) is 9.46. The first kappa shape index (κ1) is 17.5. The number of hydrogen-bond acceptors (Lipinski definition) is 3. The summed E-state index contributed by atoms with van der Waals surface area (Å²) in [6.45, 7) is 6.49. The van der Waals surface area contributed by atoms with E-state index in [2.05, 4.69) is 5.32 Å². The third kappa shape index (κ3) is 4.02. The van der Waals surface area contributed by atoms with Gasteiger partial charge in [-0.25, -0.2) is 4.79 Å². The van der Waals surface area contributed by atoms with Gasteiger partial charge in [-0.05, 0) is 39.5 Å². The van der Waals surface area contributed by atoms with Crippen molar-refractivity contribution in [2.45, 2.75) is 76.5 Å². The van der Waals surface area contributed by atoms with Crippen molar-refractivity contribution < 1.29 is 14.3 Å². The molecule has 1 N–H and O–H groups in total. The third-order valence-electron chi connectivity index (χ3n) is 5.47. The lowest BCUT2D eigenvalue weighted by Crippen LogP contribution is -2.57. The van der Waals surface area contributed by atoms with Crippen LogP contribution in [0.15, 0.2) is 0 Å². The fraction of sp³-hybridized carbons (Fsp3) is 0.889. The molecule has 0 aromatic heterocycles. The summed E-state index contributed by atoms with van der Waals surface area (Å²) in [5.41, 5.74) is -0.304. The summed E-state index contributed by atoms with van der Waals surface area (Å²) in [6.07, 6.45) is 7.46. The summed E-state index contributed by atoms with van der Waals surface area (Å²) in [5, 5.41) is 3.16. The summed E-state index contributed by atoms with van der Waals surface area (Å²) in [7, 11) is 0. The van der Waals surface area contributed by atoms with Gasteiger partial charge >= 0.3 is 6.03 Å². The van der Waals surface area contributed by atoms with Crippen molar-refractivity contribution >= 4 is 11.9 Å². The number of carbonyl (C=O) groups is 2. The van der Waals surface area contributed by atoms with Gasteiger partial charge in [0.25, 0.3) is 0 Å².